The number of carbonyl (C=O) groups is 2. The highest BCUT2D eigenvalue weighted by Crippen LogP contribution is 2.34. The van der Waals surface area contributed by atoms with E-state index >= 15 is 0 Å². The molecule has 3 heterocycles. The first-order chi connectivity index (χ1) is 16.4. The van der Waals surface area contributed by atoms with Gasteiger partial charge >= 0.3 is 6.03 Å². The molecule has 0 radical (unpaired) electrons. The number of ether oxygens (including phenoxy) is 1. The monoisotopic (exact) mass is 482 g/mol. The van der Waals surface area contributed by atoms with E-state index in [9.17, 15) is 9.59 Å². The lowest BCUT2D eigenvalue weighted by Gasteiger charge is -2.34. The number of halogens is 1. The number of benzene rings is 1. The van der Waals surface area contributed by atoms with Crippen LogP contribution in [0.4, 0.5) is 4.79 Å². The van der Waals surface area contributed by atoms with Gasteiger partial charge in [-0.1, -0.05) is 11.6 Å². The Morgan fingerprint density at radius 3 is 2.50 bits per heavy atom. The summed E-state index contributed by atoms with van der Waals surface area (Å²) in [7, 11) is 1.57. The Bertz CT molecular complexity index is 1160. The number of carbonyl (C=O) groups excluding carboxylic acids is 2. The number of pyridine rings is 1. The van der Waals surface area contributed by atoms with Gasteiger partial charge in [0.2, 0.25) is 5.91 Å². The van der Waals surface area contributed by atoms with E-state index in [0.717, 1.165) is 29.8 Å². The van der Waals surface area contributed by atoms with Crippen molar-refractivity contribution in [2.75, 3.05) is 46.4 Å². The van der Waals surface area contributed by atoms with E-state index in [-0.39, 0.29) is 11.9 Å². The summed E-state index contributed by atoms with van der Waals surface area (Å²) in [6.45, 7) is 5.79. The van der Waals surface area contributed by atoms with Gasteiger partial charge in [0.1, 0.15) is 11.4 Å². The van der Waals surface area contributed by atoms with Gasteiger partial charge in [-0.05, 0) is 35.9 Å². The minimum Gasteiger partial charge on any atom is -0.497 e. The van der Waals surface area contributed by atoms with Crippen LogP contribution in [0, 0.1) is 0 Å². The van der Waals surface area contributed by atoms with Gasteiger partial charge in [-0.15, -0.1) is 0 Å². The highest BCUT2D eigenvalue weighted by molar-refractivity contribution is 6.31. The Kier molecular flexibility index (Phi) is 7.44. The first-order valence-corrected chi connectivity index (χ1v) is 11.4. The maximum atomic E-state index is 12.9. The minimum atomic E-state index is -0.321. The average molecular weight is 483 g/mol. The summed E-state index contributed by atoms with van der Waals surface area (Å²) in [6.07, 6.45) is 5.10. The highest BCUT2D eigenvalue weighted by atomic mass is 35.5. The third-order valence-corrected chi connectivity index (χ3v) is 6.03. The van der Waals surface area contributed by atoms with E-state index in [1.54, 1.807) is 44.8 Å². The van der Waals surface area contributed by atoms with Crippen LogP contribution in [0.15, 0.2) is 48.9 Å². The number of piperazine rings is 1. The van der Waals surface area contributed by atoms with Crippen molar-refractivity contribution < 1.29 is 14.3 Å². The van der Waals surface area contributed by atoms with Crippen LogP contribution in [-0.2, 0) is 4.79 Å². The number of methoxy groups -OCH3 is 1. The Balaban J connectivity index is 1.50. The number of aromatic nitrogens is 3. The van der Waals surface area contributed by atoms with Crippen LogP contribution < -0.4 is 10.1 Å². The van der Waals surface area contributed by atoms with Crippen LogP contribution in [-0.4, -0.2) is 82.9 Å². The number of nitrogens with one attached hydrogen (secondary N) is 1. The van der Waals surface area contributed by atoms with Gasteiger partial charge in [0, 0.05) is 80.9 Å². The lowest BCUT2D eigenvalue weighted by atomic mass is 10.0. The van der Waals surface area contributed by atoms with Gasteiger partial charge in [0.25, 0.3) is 0 Å². The fraction of sp³-hybridized carbons (Fsp3) is 0.333. The predicted octanol–water partition coefficient (Wildman–Crippen LogP) is 3.00. The minimum absolute atomic E-state index is 0.102. The van der Waals surface area contributed by atoms with Gasteiger partial charge in [-0.2, -0.15) is 9.78 Å². The van der Waals surface area contributed by atoms with E-state index < -0.39 is 0 Å². The predicted molar refractivity (Wildman–Crippen MR) is 130 cm³/mol. The first kappa shape index (κ1) is 23.7. The molecule has 1 fully saturated rings. The molecule has 1 aromatic carbocycles. The fourth-order valence-corrected chi connectivity index (χ4v) is 4.16. The maximum Gasteiger partial charge on any atom is 0.342 e. The summed E-state index contributed by atoms with van der Waals surface area (Å²) < 4.78 is 6.66. The summed E-state index contributed by atoms with van der Waals surface area (Å²) in [4.78, 5) is 32.5. The van der Waals surface area contributed by atoms with Crippen molar-refractivity contribution in [3.05, 3.63) is 53.9 Å². The van der Waals surface area contributed by atoms with Gasteiger partial charge in [-0.3, -0.25) is 14.7 Å². The van der Waals surface area contributed by atoms with Gasteiger partial charge < -0.3 is 15.0 Å². The second kappa shape index (κ2) is 10.7. The summed E-state index contributed by atoms with van der Waals surface area (Å²) >= 11 is 6.28. The first-order valence-electron chi connectivity index (χ1n) is 11.1. The Morgan fingerprint density at radius 2 is 1.82 bits per heavy atom. The molecule has 10 heteroatoms. The molecule has 3 aromatic rings. The number of hydrogen-bond acceptors (Lipinski definition) is 6. The number of nitrogens with zero attached hydrogens (tertiary/aromatic N) is 5. The van der Waals surface area contributed by atoms with Crippen LogP contribution >= 0.6 is 11.6 Å². The zero-order valence-corrected chi connectivity index (χ0v) is 20.0. The lowest BCUT2D eigenvalue weighted by Crippen LogP contribution is -2.49. The quantitative estimate of drug-likeness (QED) is 0.580. The summed E-state index contributed by atoms with van der Waals surface area (Å²) in [5.74, 6) is 0.705. The molecule has 34 heavy (non-hydrogen) atoms. The van der Waals surface area contributed by atoms with Gasteiger partial charge in [0.05, 0.1) is 7.11 Å². The fourth-order valence-electron chi connectivity index (χ4n) is 3.94. The standard InChI is InChI=1S/C24H27ClN6O3/c1-17(32)30-11-9-29(10-12-30)8-7-27-24(33)31-16-22(18-3-5-26-6-4-18)23(28-31)19-13-20(25)15-21(14-19)34-2/h3-6,13-16H,7-12H2,1-2H3,(H,27,33). The van der Waals surface area contributed by atoms with E-state index in [2.05, 4.69) is 20.3 Å². The Hall–Kier alpha value is -3.43. The van der Waals surface area contributed by atoms with Crippen molar-refractivity contribution in [1.29, 1.82) is 0 Å². The molecule has 1 N–H and O–H groups in total. The third kappa shape index (κ3) is 5.55. The summed E-state index contributed by atoms with van der Waals surface area (Å²) in [6, 6.07) is 8.76. The van der Waals surface area contributed by atoms with E-state index in [1.165, 1.54) is 4.68 Å². The van der Waals surface area contributed by atoms with Crippen LogP contribution in [0.1, 0.15) is 6.92 Å². The second-order valence-electron chi connectivity index (χ2n) is 8.03. The molecule has 2 aromatic heterocycles. The Morgan fingerprint density at radius 1 is 1.09 bits per heavy atom. The molecule has 2 amide bonds. The molecule has 9 nitrogen and oxygen atoms in total. The van der Waals surface area contributed by atoms with Crippen LogP contribution in [0.25, 0.3) is 22.4 Å². The molecular weight excluding hydrogens is 456 g/mol. The smallest absolute Gasteiger partial charge is 0.342 e. The molecule has 0 unspecified atom stereocenters. The normalized spacial score (nSPS) is 14.1. The van der Waals surface area contributed by atoms with Crippen LogP contribution in [0.5, 0.6) is 5.75 Å². The van der Waals surface area contributed by atoms with Crippen molar-refractivity contribution in [2.45, 2.75) is 6.92 Å². The molecule has 0 bridgehead atoms. The Labute approximate surface area is 203 Å². The van der Waals surface area contributed by atoms with E-state index in [0.29, 0.717) is 42.6 Å². The SMILES string of the molecule is COc1cc(Cl)cc(-c2nn(C(=O)NCCN3CCN(C(C)=O)CC3)cc2-c2ccncc2)c1. The molecule has 1 saturated heterocycles. The molecule has 178 valence electrons. The van der Waals surface area contributed by atoms with Crippen LogP contribution in [0.3, 0.4) is 0 Å². The molecule has 0 spiro atoms. The average Bonchev–Trinajstić information content (AvgIpc) is 3.30. The zero-order chi connectivity index (χ0) is 24.1. The third-order valence-electron chi connectivity index (χ3n) is 5.82. The van der Waals surface area contributed by atoms with Crippen molar-refractivity contribution in [3.8, 4) is 28.1 Å². The van der Waals surface area contributed by atoms with E-state index in [4.69, 9.17) is 16.3 Å². The molecule has 0 atom stereocenters. The number of amides is 2. The maximum absolute atomic E-state index is 12.9. The number of hydrogen-bond donors (Lipinski definition) is 1. The molecule has 1 aliphatic heterocycles. The van der Waals surface area contributed by atoms with Crippen molar-refractivity contribution >= 4 is 23.5 Å². The van der Waals surface area contributed by atoms with Gasteiger partial charge in [0.15, 0.2) is 0 Å². The van der Waals surface area contributed by atoms with Crippen molar-refractivity contribution in [3.63, 3.8) is 0 Å². The zero-order valence-electron chi connectivity index (χ0n) is 19.2. The molecule has 0 saturated carbocycles. The molecule has 0 aliphatic carbocycles. The largest absolute Gasteiger partial charge is 0.497 e. The van der Waals surface area contributed by atoms with Crippen molar-refractivity contribution in [2.24, 2.45) is 0 Å². The second-order valence-corrected chi connectivity index (χ2v) is 8.47. The molecule has 4 rings (SSSR count). The summed E-state index contributed by atoms with van der Waals surface area (Å²) in [5, 5.41) is 8.03. The number of rotatable bonds is 6. The summed E-state index contributed by atoms with van der Waals surface area (Å²) in [5.41, 5.74) is 3.02. The lowest BCUT2D eigenvalue weighted by molar-refractivity contribution is -0.130. The topological polar surface area (TPSA) is 92.6 Å². The van der Waals surface area contributed by atoms with Crippen molar-refractivity contribution in [1.82, 2.24) is 29.9 Å². The van der Waals surface area contributed by atoms with Crippen LogP contribution in [0.2, 0.25) is 5.02 Å². The molecule has 1 aliphatic rings. The van der Waals surface area contributed by atoms with Gasteiger partial charge in [-0.25, -0.2) is 4.79 Å². The molecular formula is C24H27ClN6O3. The highest BCUT2D eigenvalue weighted by Gasteiger charge is 2.20. The van der Waals surface area contributed by atoms with E-state index in [1.807, 2.05) is 23.1 Å².